The lowest BCUT2D eigenvalue weighted by Crippen LogP contribution is -2.68. The van der Waals surface area contributed by atoms with Crippen molar-refractivity contribution in [3.05, 3.63) is 60.3 Å². The molecule has 1 saturated heterocycles. The number of carbonyl (C=O) groups excluding carboxylic acids is 1. The summed E-state index contributed by atoms with van der Waals surface area (Å²) in [6, 6.07) is 8.36. The second-order valence-electron chi connectivity index (χ2n) is 15.0. The standard InChI is InChI=1S/C35H41FN8O3Si/c1-33(2,3)47-32(45)42(22-34-19-35(36,20-34)21-34)15-23-8-9-30-38-24(16-41(30)14-23)17-43-18-28(39-40-43)26-11-25(48-4)12-29-27(26)13-37-44(29)31-7-5-6-10-46-31/h8-9,11-14,16,18,31H,5-7,10,15,17,19-22H2,1-4H3. The Morgan fingerprint density at radius 3 is 2.73 bits per heavy atom. The summed E-state index contributed by atoms with van der Waals surface area (Å²) in [5, 5.41) is 16.0. The van der Waals surface area contributed by atoms with E-state index in [0.717, 1.165) is 64.9 Å². The number of aromatic nitrogens is 7. The van der Waals surface area contributed by atoms with E-state index in [9.17, 15) is 9.18 Å². The minimum absolute atomic E-state index is 0.0388. The Morgan fingerprint density at radius 2 is 2.00 bits per heavy atom. The van der Waals surface area contributed by atoms with Crippen molar-refractivity contribution < 1.29 is 18.7 Å². The zero-order chi connectivity index (χ0) is 33.3. The van der Waals surface area contributed by atoms with Crippen LogP contribution in [0.2, 0.25) is 6.55 Å². The maximum atomic E-state index is 14.3. The molecular weight excluding hydrogens is 628 g/mol. The molecule has 9 rings (SSSR count). The lowest BCUT2D eigenvalue weighted by Gasteiger charge is -2.66. The molecule has 0 N–H and O–H groups in total. The molecule has 5 aromatic rings. The van der Waals surface area contributed by atoms with Gasteiger partial charge in [0, 0.05) is 36.5 Å². The number of fused-ring (bicyclic) bond motifs is 2. The molecule has 2 bridgehead atoms. The van der Waals surface area contributed by atoms with Crippen molar-refractivity contribution in [1.29, 1.82) is 0 Å². The van der Waals surface area contributed by atoms with Gasteiger partial charge in [0.15, 0.2) is 6.23 Å². The molecule has 250 valence electrons. The third kappa shape index (κ3) is 5.91. The molecule has 3 aliphatic carbocycles. The smallest absolute Gasteiger partial charge is 0.410 e. The molecule has 0 spiro atoms. The highest BCUT2D eigenvalue weighted by molar-refractivity contribution is 6.52. The first-order valence-corrected chi connectivity index (χ1v) is 18.3. The number of ether oxygens (including phenoxy) is 2. The summed E-state index contributed by atoms with van der Waals surface area (Å²) in [4.78, 5) is 19.8. The lowest BCUT2D eigenvalue weighted by atomic mass is 9.42. The number of imidazole rings is 1. The molecular formula is C35H41FN8O3Si. The predicted molar refractivity (Wildman–Crippen MR) is 180 cm³/mol. The summed E-state index contributed by atoms with van der Waals surface area (Å²) < 4.78 is 31.9. The average molecular weight is 669 g/mol. The van der Waals surface area contributed by atoms with Crippen molar-refractivity contribution in [2.24, 2.45) is 5.41 Å². The number of amides is 1. The Bertz CT molecular complexity index is 1990. The van der Waals surface area contributed by atoms with Gasteiger partial charge >= 0.3 is 6.09 Å². The van der Waals surface area contributed by atoms with E-state index in [1.54, 1.807) is 4.90 Å². The number of alkyl halides is 1. The Hall–Kier alpha value is -4.10. The topological polar surface area (TPSA) is 105 Å². The summed E-state index contributed by atoms with van der Waals surface area (Å²) >= 11 is 0. The van der Waals surface area contributed by atoms with Crippen LogP contribution in [-0.2, 0) is 22.6 Å². The first-order chi connectivity index (χ1) is 23.0. The van der Waals surface area contributed by atoms with Crippen LogP contribution in [0.1, 0.15) is 76.8 Å². The molecule has 4 aliphatic rings. The van der Waals surface area contributed by atoms with Crippen molar-refractivity contribution in [3.8, 4) is 11.3 Å². The van der Waals surface area contributed by atoms with Crippen molar-refractivity contribution in [2.45, 2.75) is 96.4 Å². The molecule has 13 heteroatoms. The molecule has 11 nitrogen and oxygen atoms in total. The molecule has 5 heterocycles. The number of nitrogens with zero attached hydrogens (tertiary/aromatic N) is 8. The van der Waals surface area contributed by atoms with Gasteiger partial charge in [0.2, 0.25) is 0 Å². The van der Waals surface area contributed by atoms with Crippen LogP contribution in [0, 0.1) is 5.41 Å². The average Bonchev–Trinajstić information content (AvgIpc) is 3.76. The van der Waals surface area contributed by atoms with Gasteiger partial charge < -0.3 is 18.8 Å². The predicted octanol–water partition coefficient (Wildman–Crippen LogP) is 5.70. The first kappa shape index (κ1) is 31.2. The number of benzene rings is 1. The maximum Gasteiger partial charge on any atom is 0.410 e. The number of halogens is 1. The molecule has 1 aromatic carbocycles. The van der Waals surface area contributed by atoms with Crippen LogP contribution < -0.4 is 5.19 Å². The Kier molecular flexibility index (Phi) is 7.47. The number of pyridine rings is 1. The molecule has 1 atom stereocenters. The molecule has 1 amide bonds. The monoisotopic (exact) mass is 668 g/mol. The van der Waals surface area contributed by atoms with Crippen LogP contribution >= 0.6 is 0 Å². The lowest BCUT2D eigenvalue weighted by molar-refractivity contribution is -0.220. The van der Waals surface area contributed by atoms with E-state index in [0.29, 0.717) is 48.4 Å². The van der Waals surface area contributed by atoms with Gasteiger partial charge in [-0.15, -0.1) is 5.10 Å². The van der Waals surface area contributed by atoms with Crippen LogP contribution in [0.3, 0.4) is 0 Å². The largest absolute Gasteiger partial charge is 0.444 e. The van der Waals surface area contributed by atoms with Crippen molar-refractivity contribution >= 4 is 37.3 Å². The number of carbonyl (C=O) groups is 1. The number of hydrogen-bond donors (Lipinski definition) is 0. The van der Waals surface area contributed by atoms with Gasteiger partial charge in [-0.3, -0.25) is 0 Å². The fourth-order valence-corrected chi connectivity index (χ4v) is 8.31. The molecule has 4 aromatic heterocycles. The summed E-state index contributed by atoms with van der Waals surface area (Å²) in [5.41, 5.74) is 3.70. The van der Waals surface area contributed by atoms with Gasteiger partial charge in [-0.25, -0.2) is 23.5 Å². The van der Waals surface area contributed by atoms with Crippen molar-refractivity contribution in [3.63, 3.8) is 0 Å². The minimum Gasteiger partial charge on any atom is -0.444 e. The van der Waals surface area contributed by atoms with E-state index in [1.165, 1.54) is 5.19 Å². The fourth-order valence-electron chi connectivity index (χ4n) is 7.74. The quantitative estimate of drug-likeness (QED) is 0.186. The van der Waals surface area contributed by atoms with E-state index in [1.807, 2.05) is 71.5 Å². The van der Waals surface area contributed by atoms with E-state index in [-0.39, 0.29) is 17.7 Å². The third-order valence-electron chi connectivity index (χ3n) is 9.76. The van der Waals surface area contributed by atoms with Gasteiger partial charge in [0.05, 0.1) is 46.2 Å². The molecule has 4 fully saturated rings. The van der Waals surface area contributed by atoms with Crippen molar-refractivity contribution in [2.75, 3.05) is 13.2 Å². The van der Waals surface area contributed by atoms with Crippen LogP contribution in [0.25, 0.3) is 27.8 Å². The van der Waals surface area contributed by atoms with Crippen molar-refractivity contribution in [1.82, 2.24) is 39.1 Å². The highest BCUT2D eigenvalue weighted by atomic mass is 28.2. The molecule has 1 aliphatic heterocycles. The summed E-state index contributed by atoms with van der Waals surface area (Å²) in [6.45, 7) is 9.86. The zero-order valence-electron chi connectivity index (χ0n) is 27.9. The van der Waals surface area contributed by atoms with E-state index >= 15 is 0 Å². The minimum atomic E-state index is -1.02. The Morgan fingerprint density at radius 1 is 1.17 bits per heavy atom. The summed E-state index contributed by atoms with van der Waals surface area (Å²) in [7, 11) is 0.631. The third-order valence-corrected chi connectivity index (χ3v) is 10.6. The second kappa shape index (κ2) is 11.5. The van der Waals surface area contributed by atoms with Crippen LogP contribution in [0.15, 0.2) is 49.1 Å². The second-order valence-corrected chi connectivity index (χ2v) is 16.0. The highest BCUT2D eigenvalue weighted by Crippen LogP contribution is 2.69. The molecule has 3 saturated carbocycles. The molecule has 48 heavy (non-hydrogen) atoms. The van der Waals surface area contributed by atoms with E-state index < -0.39 is 11.3 Å². The van der Waals surface area contributed by atoms with Crippen LogP contribution in [-0.4, -0.2) is 79.1 Å². The normalized spacial score (nSPS) is 23.6. The van der Waals surface area contributed by atoms with Gasteiger partial charge in [0.25, 0.3) is 0 Å². The van der Waals surface area contributed by atoms with Gasteiger partial charge in [-0.2, -0.15) is 5.10 Å². The zero-order valence-corrected chi connectivity index (χ0v) is 28.9. The first-order valence-electron chi connectivity index (χ1n) is 16.8. The summed E-state index contributed by atoms with van der Waals surface area (Å²) in [5.74, 6) is 0. The highest BCUT2D eigenvalue weighted by Gasteiger charge is 2.69. The Labute approximate surface area is 281 Å². The van der Waals surface area contributed by atoms with E-state index in [4.69, 9.17) is 19.6 Å². The Balaban J connectivity index is 1.01. The van der Waals surface area contributed by atoms with Gasteiger partial charge in [-0.1, -0.05) is 29.1 Å². The number of rotatable bonds is 9. The fraction of sp³-hybridized carbons (Fsp3) is 0.514. The molecule has 2 radical (unpaired) electrons. The van der Waals surface area contributed by atoms with Crippen LogP contribution in [0.5, 0.6) is 0 Å². The SMILES string of the molecule is C[Si]c1cc(-c2cn(Cc3cn4cc(CN(CC56CC(F)(C5)C6)C(=O)OC(C)(C)C)ccc4n3)nn2)c2cnn(C3CCCCO3)c2c1. The molecule has 1 unspecified atom stereocenters. The van der Waals surface area contributed by atoms with Crippen LogP contribution in [0.4, 0.5) is 9.18 Å². The summed E-state index contributed by atoms with van der Waals surface area (Å²) in [6.07, 6.45) is 12.2. The number of hydrogen-bond acceptors (Lipinski definition) is 7. The van der Waals surface area contributed by atoms with Gasteiger partial charge in [0.1, 0.15) is 22.6 Å². The van der Waals surface area contributed by atoms with E-state index in [2.05, 4.69) is 29.0 Å². The maximum absolute atomic E-state index is 14.3. The van der Waals surface area contributed by atoms with Gasteiger partial charge in [-0.05, 0) is 82.4 Å².